The molecule has 7 heteroatoms. The first kappa shape index (κ1) is 22.6. The molecule has 0 bridgehead atoms. The molecular formula is C21H34BNO5. The maximum absolute atomic E-state index is 11.9. The van der Waals surface area contributed by atoms with Crippen LogP contribution in [0.5, 0.6) is 5.75 Å². The second-order valence-corrected chi connectivity index (χ2v) is 9.22. The maximum atomic E-state index is 11.9. The smallest absolute Gasteiger partial charge is 0.491 e. The first-order valence-corrected chi connectivity index (χ1v) is 9.91. The van der Waals surface area contributed by atoms with E-state index in [9.17, 15) is 4.79 Å². The minimum atomic E-state index is -0.521. The molecule has 0 spiro atoms. The zero-order valence-corrected chi connectivity index (χ0v) is 18.4. The highest BCUT2D eigenvalue weighted by Crippen LogP contribution is 2.36. The van der Waals surface area contributed by atoms with E-state index in [4.69, 9.17) is 18.8 Å². The minimum Gasteiger partial charge on any atom is -0.491 e. The lowest BCUT2D eigenvalue weighted by molar-refractivity contribution is 0.00578. The number of rotatable bonds is 6. The van der Waals surface area contributed by atoms with Gasteiger partial charge in [-0.1, -0.05) is 19.1 Å². The summed E-state index contributed by atoms with van der Waals surface area (Å²) in [7, 11) is -0.392. The van der Waals surface area contributed by atoms with Crippen LogP contribution in [0.25, 0.3) is 0 Å². The summed E-state index contributed by atoms with van der Waals surface area (Å²) in [5.74, 6) is 0.727. The van der Waals surface area contributed by atoms with Crippen LogP contribution in [0.3, 0.4) is 0 Å². The van der Waals surface area contributed by atoms with Gasteiger partial charge in [0.2, 0.25) is 0 Å². The molecule has 1 aliphatic heterocycles. The molecule has 0 aliphatic carbocycles. The molecule has 1 saturated heterocycles. The average molecular weight is 391 g/mol. The summed E-state index contributed by atoms with van der Waals surface area (Å²) in [5.41, 5.74) is -0.305. The summed E-state index contributed by atoms with van der Waals surface area (Å²) in [6.07, 6.45) is 0.310. The lowest BCUT2D eigenvalue weighted by atomic mass is 9.79. The summed E-state index contributed by atoms with van der Waals surface area (Å²) in [4.78, 5) is 11.9. The fraction of sp³-hybridized carbons (Fsp3) is 0.667. The second kappa shape index (κ2) is 8.33. The van der Waals surface area contributed by atoms with Gasteiger partial charge in [-0.15, -0.1) is 0 Å². The fourth-order valence-corrected chi connectivity index (χ4v) is 2.63. The van der Waals surface area contributed by atoms with Crippen LogP contribution < -0.4 is 15.5 Å². The first-order valence-electron chi connectivity index (χ1n) is 9.91. The van der Waals surface area contributed by atoms with Gasteiger partial charge < -0.3 is 24.1 Å². The maximum Gasteiger partial charge on any atom is 0.494 e. The zero-order valence-electron chi connectivity index (χ0n) is 18.4. The van der Waals surface area contributed by atoms with Gasteiger partial charge in [-0.05, 0) is 72.5 Å². The molecular weight excluding hydrogens is 357 g/mol. The quantitative estimate of drug-likeness (QED) is 0.750. The van der Waals surface area contributed by atoms with Crippen molar-refractivity contribution >= 4 is 18.7 Å². The molecule has 1 aromatic carbocycles. The van der Waals surface area contributed by atoms with Crippen LogP contribution in [0.15, 0.2) is 24.3 Å². The van der Waals surface area contributed by atoms with Crippen LogP contribution in [0, 0.1) is 0 Å². The van der Waals surface area contributed by atoms with E-state index in [-0.39, 0.29) is 17.2 Å². The lowest BCUT2D eigenvalue weighted by Crippen LogP contribution is -2.41. The van der Waals surface area contributed by atoms with Crippen LogP contribution in [0.4, 0.5) is 4.79 Å². The molecule has 1 aromatic rings. The van der Waals surface area contributed by atoms with Crippen LogP contribution in [-0.2, 0) is 14.0 Å². The van der Waals surface area contributed by atoms with Gasteiger partial charge in [-0.25, -0.2) is 4.79 Å². The Morgan fingerprint density at radius 3 is 2.11 bits per heavy atom. The van der Waals surface area contributed by atoms with Gasteiger partial charge >= 0.3 is 13.2 Å². The van der Waals surface area contributed by atoms with E-state index in [0.29, 0.717) is 6.61 Å². The van der Waals surface area contributed by atoms with Crippen LogP contribution in [-0.4, -0.2) is 42.7 Å². The summed E-state index contributed by atoms with van der Waals surface area (Å²) in [6.45, 7) is 16.0. The van der Waals surface area contributed by atoms with Crippen molar-refractivity contribution in [2.45, 2.75) is 84.7 Å². The van der Waals surface area contributed by atoms with Crippen LogP contribution >= 0.6 is 0 Å². The number of amides is 1. The monoisotopic (exact) mass is 391 g/mol. The van der Waals surface area contributed by atoms with E-state index in [1.807, 2.05) is 79.7 Å². The molecule has 1 N–H and O–H groups in total. The van der Waals surface area contributed by atoms with Crippen LogP contribution in [0.2, 0.25) is 0 Å². The molecule has 0 aromatic heterocycles. The van der Waals surface area contributed by atoms with E-state index in [1.165, 1.54) is 0 Å². The van der Waals surface area contributed by atoms with Gasteiger partial charge in [-0.3, -0.25) is 0 Å². The SMILES string of the molecule is CCC(COc1ccc(B2OC(C)(C)C(C)(C)O2)cc1)NC(=O)OC(C)(C)C. The van der Waals surface area contributed by atoms with Crippen molar-refractivity contribution < 1.29 is 23.6 Å². The Kier molecular flexibility index (Phi) is 6.72. The van der Waals surface area contributed by atoms with Crippen molar-refractivity contribution in [1.29, 1.82) is 0 Å². The number of hydrogen-bond acceptors (Lipinski definition) is 5. The van der Waals surface area contributed by atoms with Gasteiger partial charge in [0.05, 0.1) is 17.2 Å². The summed E-state index contributed by atoms with van der Waals surface area (Å²) >= 11 is 0. The number of benzene rings is 1. The predicted molar refractivity (Wildman–Crippen MR) is 111 cm³/mol. The predicted octanol–water partition coefficient (Wildman–Crippen LogP) is 3.67. The Morgan fingerprint density at radius 1 is 1.11 bits per heavy atom. The summed E-state index contributed by atoms with van der Waals surface area (Å²) in [5, 5.41) is 2.84. The van der Waals surface area contributed by atoms with Gasteiger partial charge in [-0.2, -0.15) is 0 Å². The fourth-order valence-electron chi connectivity index (χ4n) is 2.63. The molecule has 156 valence electrons. The summed E-state index contributed by atoms with van der Waals surface area (Å²) < 4.78 is 23.3. The molecule has 1 heterocycles. The molecule has 6 nitrogen and oxygen atoms in total. The largest absolute Gasteiger partial charge is 0.494 e. The van der Waals surface area contributed by atoms with Gasteiger partial charge in [0, 0.05) is 0 Å². The molecule has 28 heavy (non-hydrogen) atoms. The zero-order chi connectivity index (χ0) is 21.2. The van der Waals surface area contributed by atoms with Crippen molar-refractivity contribution in [3.63, 3.8) is 0 Å². The molecule has 1 fully saturated rings. The highest BCUT2D eigenvalue weighted by atomic mass is 16.7. The molecule has 0 radical (unpaired) electrons. The van der Waals surface area contributed by atoms with Gasteiger partial charge in [0.25, 0.3) is 0 Å². The molecule has 0 saturated carbocycles. The molecule has 1 amide bonds. The number of ether oxygens (including phenoxy) is 2. The third kappa shape index (κ3) is 5.88. The molecule has 1 unspecified atom stereocenters. The Morgan fingerprint density at radius 2 is 1.64 bits per heavy atom. The minimum absolute atomic E-state index is 0.127. The number of hydrogen-bond donors (Lipinski definition) is 1. The van der Waals surface area contributed by atoms with Crippen molar-refractivity contribution in [2.24, 2.45) is 0 Å². The third-order valence-corrected chi connectivity index (χ3v) is 5.07. The number of nitrogens with one attached hydrogen (secondary N) is 1. The highest BCUT2D eigenvalue weighted by molar-refractivity contribution is 6.62. The van der Waals surface area contributed by atoms with E-state index < -0.39 is 18.8 Å². The Labute approximate surface area is 169 Å². The second-order valence-electron chi connectivity index (χ2n) is 9.22. The molecule has 2 rings (SSSR count). The molecule has 1 atom stereocenters. The van der Waals surface area contributed by atoms with Crippen molar-refractivity contribution in [2.75, 3.05) is 6.61 Å². The van der Waals surface area contributed by atoms with Gasteiger partial charge in [0.15, 0.2) is 0 Å². The van der Waals surface area contributed by atoms with Gasteiger partial charge in [0.1, 0.15) is 18.0 Å². The topological polar surface area (TPSA) is 66.0 Å². The first-order chi connectivity index (χ1) is 12.8. The van der Waals surface area contributed by atoms with Crippen molar-refractivity contribution in [3.8, 4) is 5.75 Å². The summed E-state index contributed by atoms with van der Waals surface area (Å²) in [6, 6.07) is 7.54. The lowest BCUT2D eigenvalue weighted by Gasteiger charge is -2.32. The normalized spacial score (nSPS) is 19.2. The average Bonchev–Trinajstić information content (AvgIpc) is 2.78. The standard InChI is InChI=1S/C21H34BNO5/c1-9-16(23-18(24)26-19(2,3)4)14-25-17-12-10-15(11-13-17)22-27-20(5,6)21(7,8)28-22/h10-13,16H,9,14H2,1-8H3,(H,23,24). The van der Waals surface area contributed by atoms with Crippen molar-refractivity contribution in [3.05, 3.63) is 24.3 Å². The number of carbonyl (C=O) groups is 1. The van der Waals surface area contributed by atoms with Crippen molar-refractivity contribution in [1.82, 2.24) is 5.32 Å². The number of alkyl carbamates (subject to hydrolysis) is 1. The Balaban J connectivity index is 1.89. The Bertz CT molecular complexity index is 650. The highest BCUT2D eigenvalue weighted by Gasteiger charge is 2.51. The van der Waals surface area contributed by atoms with E-state index >= 15 is 0 Å². The molecule has 1 aliphatic rings. The van der Waals surface area contributed by atoms with Crippen LogP contribution in [0.1, 0.15) is 61.8 Å². The van der Waals surface area contributed by atoms with E-state index in [2.05, 4.69) is 5.32 Å². The Hall–Kier alpha value is -1.73. The number of carbonyl (C=O) groups excluding carboxylic acids is 1. The third-order valence-electron chi connectivity index (χ3n) is 5.07. The van der Waals surface area contributed by atoms with E-state index in [1.54, 1.807) is 0 Å². The van der Waals surface area contributed by atoms with E-state index in [0.717, 1.165) is 17.6 Å².